The number of benzene rings is 1. The van der Waals surface area contributed by atoms with E-state index in [9.17, 15) is 9.59 Å². The van der Waals surface area contributed by atoms with E-state index in [1.54, 1.807) is 18.2 Å². The molecule has 0 saturated carbocycles. The summed E-state index contributed by atoms with van der Waals surface area (Å²) in [5.74, 6) is -1.000. The molecule has 2 rings (SSSR count). The van der Waals surface area contributed by atoms with Crippen LogP contribution < -0.4 is 5.56 Å². The van der Waals surface area contributed by atoms with Gasteiger partial charge in [-0.05, 0) is 18.6 Å². The minimum Gasteiger partial charge on any atom is -0.478 e. The molecule has 0 aliphatic carbocycles. The Kier molecular flexibility index (Phi) is 4.57. The maximum Gasteiger partial charge on any atom is 0.336 e. The summed E-state index contributed by atoms with van der Waals surface area (Å²) >= 11 is 1.15. The third kappa shape index (κ3) is 3.48. The lowest BCUT2D eigenvalue weighted by atomic mass is 10.2. The van der Waals surface area contributed by atoms with Crippen LogP contribution in [0, 0.1) is 0 Å². The van der Waals surface area contributed by atoms with Gasteiger partial charge < -0.3 is 10.1 Å². The molecule has 20 heavy (non-hydrogen) atoms. The van der Waals surface area contributed by atoms with Crippen molar-refractivity contribution in [2.75, 3.05) is 0 Å². The van der Waals surface area contributed by atoms with Gasteiger partial charge in [-0.25, -0.2) is 9.78 Å². The van der Waals surface area contributed by atoms with Gasteiger partial charge in [0.05, 0.1) is 5.56 Å². The lowest BCUT2D eigenvalue weighted by Gasteiger charge is -2.06. The predicted molar refractivity (Wildman–Crippen MR) is 76.4 cm³/mol. The highest BCUT2D eigenvalue weighted by Crippen LogP contribution is 2.27. The number of nitrogens with zero attached hydrogens (tertiary/aromatic N) is 1. The third-order valence-corrected chi connectivity index (χ3v) is 3.57. The Hall–Kier alpha value is -2.08. The summed E-state index contributed by atoms with van der Waals surface area (Å²) in [4.78, 5) is 30.2. The Morgan fingerprint density at radius 1 is 1.40 bits per heavy atom. The Bertz CT molecular complexity index is 682. The van der Waals surface area contributed by atoms with Crippen molar-refractivity contribution in [1.29, 1.82) is 0 Å². The van der Waals surface area contributed by atoms with E-state index in [1.165, 1.54) is 12.1 Å². The summed E-state index contributed by atoms with van der Waals surface area (Å²) in [7, 11) is 0. The molecule has 0 spiro atoms. The monoisotopic (exact) mass is 290 g/mol. The van der Waals surface area contributed by atoms with Crippen LogP contribution in [0.25, 0.3) is 0 Å². The van der Waals surface area contributed by atoms with E-state index in [2.05, 4.69) is 9.97 Å². The zero-order chi connectivity index (χ0) is 14.5. The van der Waals surface area contributed by atoms with Gasteiger partial charge in [0.25, 0.3) is 5.56 Å². The van der Waals surface area contributed by atoms with E-state index >= 15 is 0 Å². The quantitative estimate of drug-likeness (QED) is 0.827. The fraction of sp³-hybridized carbons (Fsp3) is 0.214. The van der Waals surface area contributed by atoms with E-state index in [4.69, 9.17) is 5.11 Å². The fourth-order valence-corrected chi connectivity index (χ4v) is 2.69. The van der Waals surface area contributed by atoms with Crippen LogP contribution in [0.5, 0.6) is 0 Å². The number of hydrogen-bond acceptors (Lipinski definition) is 4. The SMILES string of the molecule is CCCc1cc(=O)[nH]c(Sc2ccccc2C(=O)O)n1. The number of aromatic carboxylic acids is 1. The lowest BCUT2D eigenvalue weighted by Crippen LogP contribution is -2.10. The van der Waals surface area contributed by atoms with Crippen LogP contribution in [0.2, 0.25) is 0 Å². The molecule has 1 heterocycles. The Balaban J connectivity index is 2.35. The Morgan fingerprint density at radius 3 is 2.85 bits per heavy atom. The largest absolute Gasteiger partial charge is 0.478 e. The number of carboxylic acids is 1. The van der Waals surface area contributed by atoms with Crippen LogP contribution in [0.15, 0.2) is 45.2 Å². The van der Waals surface area contributed by atoms with Crippen LogP contribution >= 0.6 is 11.8 Å². The van der Waals surface area contributed by atoms with Crippen molar-refractivity contribution in [3.8, 4) is 0 Å². The molecule has 5 nitrogen and oxygen atoms in total. The lowest BCUT2D eigenvalue weighted by molar-refractivity contribution is 0.0693. The molecule has 0 atom stereocenters. The topological polar surface area (TPSA) is 83.0 Å². The number of H-pyrrole nitrogens is 1. The first kappa shape index (κ1) is 14.3. The van der Waals surface area contributed by atoms with Crippen molar-refractivity contribution in [3.05, 3.63) is 51.9 Å². The summed E-state index contributed by atoms with van der Waals surface area (Å²) < 4.78 is 0. The second-order valence-electron chi connectivity index (χ2n) is 4.20. The molecule has 2 aromatic rings. The van der Waals surface area contributed by atoms with Gasteiger partial charge in [0.15, 0.2) is 5.16 Å². The van der Waals surface area contributed by atoms with Crippen LogP contribution in [0.4, 0.5) is 0 Å². The molecular weight excluding hydrogens is 276 g/mol. The number of carboxylic acid groups (broad SMARTS) is 1. The standard InChI is InChI=1S/C14H14N2O3S/c1-2-5-9-8-12(17)16-14(15-9)20-11-7-4-3-6-10(11)13(18)19/h3-4,6-8H,2,5H2,1H3,(H,18,19)(H,15,16,17). The first-order valence-electron chi connectivity index (χ1n) is 6.20. The maximum atomic E-state index is 11.6. The summed E-state index contributed by atoms with van der Waals surface area (Å²) in [5, 5.41) is 9.54. The Labute approximate surface area is 120 Å². The predicted octanol–water partition coefficient (Wildman–Crippen LogP) is 2.57. The number of aromatic nitrogens is 2. The minimum absolute atomic E-state index is 0.195. The highest BCUT2D eigenvalue weighted by Gasteiger charge is 2.11. The molecule has 6 heteroatoms. The van der Waals surface area contributed by atoms with Crippen molar-refractivity contribution < 1.29 is 9.90 Å². The van der Waals surface area contributed by atoms with Gasteiger partial charge in [0.1, 0.15) is 0 Å². The summed E-state index contributed by atoms with van der Waals surface area (Å²) in [5.41, 5.74) is 0.686. The highest BCUT2D eigenvalue weighted by molar-refractivity contribution is 7.99. The van der Waals surface area contributed by atoms with Crippen LogP contribution in [-0.2, 0) is 6.42 Å². The second-order valence-corrected chi connectivity index (χ2v) is 5.23. The number of carbonyl (C=O) groups is 1. The molecule has 0 radical (unpaired) electrons. The molecule has 2 N–H and O–H groups in total. The number of hydrogen-bond donors (Lipinski definition) is 2. The summed E-state index contributed by atoms with van der Waals surface area (Å²) in [6.07, 6.45) is 1.62. The number of aryl methyl sites for hydroxylation is 1. The molecule has 0 fully saturated rings. The van der Waals surface area contributed by atoms with E-state index in [-0.39, 0.29) is 11.1 Å². The molecule has 1 aromatic heterocycles. The minimum atomic E-state index is -1.000. The van der Waals surface area contributed by atoms with Gasteiger partial charge in [0.2, 0.25) is 0 Å². The average Bonchev–Trinajstić information content (AvgIpc) is 2.38. The molecule has 0 saturated heterocycles. The number of rotatable bonds is 5. The molecule has 0 aliphatic rings. The van der Waals surface area contributed by atoms with Crippen molar-refractivity contribution in [2.45, 2.75) is 29.8 Å². The molecule has 0 amide bonds. The number of aromatic amines is 1. The molecule has 1 aromatic carbocycles. The molecular formula is C14H14N2O3S. The average molecular weight is 290 g/mol. The van der Waals surface area contributed by atoms with Crippen molar-refractivity contribution in [2.24, 2.45) is 0 Å². The van der Waals surface area contributed by atoms with Gasteiger partial charge in [0, 0.05) is 16.7 Å². The van der Waals surface area contributed by atoms with Gasteiger partial charge in [-0.2, -0.15) is 0 Å². The smallest absolute Gasteiger partial charge is 0.336 e. The van der Waals surface area contributed by atoms with E-state index in [1.807, 2.05) is 6.92 Å². The van der Waals surface area contributed by atoms with Gasteiger partial charge >= 0.3 is 5.97 Å². The zero-order valence-electron chi connectivity index (χ0n) is 10.9. The zero-order valence-corrected chi connectivity index (χ0v) is 11.7. The van der Waals surface area contributed by atoms with Crippen LogP contribution in [-0.4, -0.2) is 21.0 Å². The Morgan fingerprint density at radius 2 is 2.15 bits per heavy atom. The van der Waals surface area contributed by atoms with E-state index in [0.717, 1.165) is 24.6 Å². The van der Waals surface area contributed by atoms with Crippen molar-refractivity contribution in [3.63, 3.8) is 0 Å². The molecule has 0 unspecified atom stereocenters. The first-order chi connectivity index (χ1) is 9.60. The van der Waals surface area contributed by atoms with E-state index in [0.29, 0.717) is 15.7 Å². The van der Waals surface area contributed by atoms with Crippen LogP contribution in [0.1, 0.15) is 29.4 Å². The highest BCUT2D eigenvalue weighted by atomic mass is 32.2. The summed E-state index contributed by atoms with van der Waals surface area (Å²) in [6, 6.07) is 8.11. The van der Waals surface area contributed by atoms with Gasteiger partial charge in [-0.1, -0.05) is 37.2 Å². The maximum absolute atomic E-state index is 11.6. The summed E-state index contributed by atoms with van der Waals surface area (Å²) in [6.45, 7) is 2.01. The van der Waals surface area contributed by atoms with Crippen LogP contribution in [0.3, 0.4) is 0 Å². The molecule has 104 valence electrons. The van der Waals surface area contributed by atoms with Crippen molar-refractivity contribution >= 4 is 17.7 Å². The third-order valence-electron chi connectivity index (χ3n) is 2.60. The molecule has 0 bridgehead atoms. The second kappa shape index (κ2) is 6.38. The fourth-order valence-electron chi connectivity index (χ4n) is 1.75. The molecule has 0 aliphatic heterocycles. The van der Waals surface area contributed by atoms with E-state index < -0.39 is 5.97 Å². The normalized spacial score (nSPS) is 10.4. The first-order valence-corrected chi connectivity index (χ1v) is 7.02. The van der Waals surface area contributed by atoms with Gasteiger partial charge in [-0.15, -0.1) is 0 Å². The van der Waals surface area contributed by atoms with Crippen molar-refractivity contribution in [1.82, 2.24) is 9.97 Å². The van der Waals surface area contributed by atoms with Gasteiger partial charge in [-0.3, -0.25) is 4.79 Å². The number of nitrogens with one attached hydrogen (secondary N) is 1.